The van der Waals surface area contributed by atoms with Crippen LogP contribution in [0, 0.1) is 0 Å². The Kier molecular flexibility index (Phi) is 4.20. The zero-order valence-electron chi connectivity index (χ0n) is 14.8. The molecule has 1 fully saturated rings. The van der Waals surface area contributed by atoms with Crippen molar-refractivity contribution in [1.82, 2.24) is 15.2 Å². The summed E-state index contributed by atoms with van der Waals surface area (Å²) in [4.78, 5) is 33.3. The number of hydrogen-bond acceptors (Lipinski definition) is 4. The van der Waals surface area contributed by atoms with Gasteiger partial charge in [0.05, 0.1) is 29.5 Å². The van der Waals surface area contributed by atoms with Crippen LogP contribution in [0.25, 0.3) is 0 Å². The Morgan fingerprint density at radius 3 is 2.65 bits per heavy atom. The van der Waals surface area contributed by atoms with E-state index in [0.29, 0.717) is 6.54 Å². The molecule has 2 amide bonds. The third kappa shape index (κ3) is 2.57. The number of carbonyl (C=O) groups excluding carboxylic acids is 2. The lowest BCUT2D eigenvalue weighted by atomic mass is 9.73. The SMILES string of the molecule is CNC(=O)CN1CCC2(CC1)C(=O)N(c1cccnc1)c1ccccc12. The highest BCUT2D eigenvalue weighted by molar-refractivity contribution is 6.13. The van der Waals surface area contributed by atoms with Gasteiger partial charge in [-0.1, -0.05) is 18.2 Å². The largest absolute Gasteiger partial charge is 0.358 e. The maximum absolute atomic E-state index is 13.5. The lowest BCUT2D eigenvalue weighted by Gasteiger charge is -2.38. The van der Waals surface area contributed by atoms with Crippen molar-refractivity contribution >= 4 is 23.2 Å². The van der Waals surface area contributed by atoms with Gasteiger partial charge in [0.1, 0.15) is 0 Å². The van der Waals surface area contributed by atoms with E-state index in [1.807, 2.05) is 30.3 Å². The van der Waals surface area contributed by atoms with E-state index in [2.05, 4.69) is 21.3 Å². The first-order chi connectivity index (χ1) is 12.7. The third-order valence-corrected chi connectivity index (χ3v) is 5.53. The molecule has 2 aliphatic heterocycles. The lowest BCUT2D eigenvalue weighted by Crippen LogP contribution is -2.49. The van der Waals surface area contributed by atoms with Gasteiger partial charge >= 0.3 is 0 Å². The first kappa shape index (κ1) is 16.7. The number of rotatable bonds is 3. The van der Waals surface area contributed by atoms with Gasteiger partial charge in [0, 0.05) is 26.3 Å². The monoisotopic (exact) mass is 350 g/mol. The minimum absolute atomic E-state index is 0.0103. The lowest BCUT2D eigenvalue weighted by molar-refractivity contribution is -0.125. The molecule has 4 rings (SSSR count). The van der Waals surface area contributed by atoms with Crippen molar-refractivity contribution in [1.29, 1.82) is 0 Å². The molecule has 6 nitrogen and oxygen atoms in total. The molecule has 0 aliphatic carbocycles. The van der Waals surface area contributed by atoms with Gasteiger partial charge in [-0.25, -0.2) is 0 Å². The molecule has 1 saturated heterocycles. The van der Waals surface area contributed by atoms with Crippen LogP contribution in [0.4, 0.5) is 11.4 Å². The number of carbonyl (C=O) groups is 2. The van der Waals surface area contributed by atoms with E-state index in [-0.39, 0.29) is 11.8 Å². The van der Waals surface area contributed by atoms with Crippen LogP contribution in [0.3, 0.4) is 0 Å². The number of nitrogens with zero attached hydrogens (tertiary/aromatic N) is 3. The number of piperidine rings is 1. The summed E-state index contributed by atoms with van der Waals surface area (Å²) in [7, 11) is 1.65. The van der Waals surface area contributed by atoms with Crippen LogP contribution in [0.2, 0.25) is 0 Å². The van der Waals surface area contributed by atoms with E-state index in [0.717, 1.165) is 42.9 Å². The van der Waals surface area contributed by atoms with Gasteiger partial charge in [0.25, 0.3) is 0 Å². The second-order valence-electron chi connectivity index (χ2n) is 6.90. The van der Waals surface area contributed by atoms with Crippen molar-refractivity contribution in [3.05, 3.63) is 54.4 Å². The van der Waals surface area contributed by atoms with E-state index in [1.165, 1.54) is 0 Å². The number of hydrogen-bond donors (Lipinski definition) is 1. The van der Waals surface area contributed by atoms with E-state index in [9.17, 15) is 9.59 Å². The Morgan fingerprint density at radius 2 is 1.96 bits per heavy atom. The van der Waals surface area contributed by atoms with E-state index >= 15 is 0 Å². The van der Waals surface area contributed by atoms with Gasteiger partial charge in [-0.2, -0.15) is 0 Å². The smallest absolute Gasteiger partial charge is 0.242 e. The second kappa shape index (κ2) is 6.53. The quantitative estimate of drug-likeness (QED) is 0.917. The summed E-state index contributed by atoms with van der Waals surface area (Å²) in [6.07, 6.45) is 4.88. The van der Waals surface area contributed by atoms with Crippen LogP contribution in [-0.4, -0.2) is 48.4 Å². The van der Waals surface area contributed by atoms with Crippen molar-refractivity contribution in [2.45, 2.75) is 18.3 Å². The molecular weight excluding hydrogens is 328 g/mol. The molecule has 26 heavy (non-hydrogen) atoms. The number of likely N-dealkylation sites (N-methyl/N-ethyl adjacent to an activating group) is 1. The first-order valence-electron chi connectivity index (χ1n) is 8.93. The Labute approximate surface area is 152 Å². The minimum Gasteiger partial charge on any atom is -0.358 e. The predicted octanol–water partition coefficient (Wildman–Crippen LogP) is 1.84. The maximum atomic E-state index is 13.5. The Bertz CT molecular complexity index is 829. The maximum Gasteiger partial charge on any atom is 0.242 e. The Balaban J connectivity index is 1.66. The fraction of sp³-hybridized carbons (Fsp3) is 0.350. The molecule has 2 aromatic rings. The van der Waals surface area contributed by atoms with Gasteiger partial charge in [0.2, 0.25) is 11.8 Å². The van der Waals surface area contributed by atoms with Crippen molar-refractivity contribution in [2.24, 2.45) is 0 Å². The van der Waals surface area contributed by atoms with Crippen LogP contribution in [0.5, 0.6) is 0 Å². The fourth-order valence-corrected chi connectivity index (χ4v) is 4.11. The highest BCUT2D eigenvalue weighted by atomic mass is 16.2. The minimum atomic E-state index is -0.508. The molecule has 1 aromatic carbocycles. The van der Waals surface area contributed by atoms with E-state index in [4.69, 9.17) is 0 Å². The third-order valence-electron chi connectivity index (χ3n) is 5.53. The topological polar surface area (TPSA) is 65.5 Å². The van der Waals surface area contributed by atoms with Crippen LogP contribution in [0.15, 0.2) is 48.8 Å². The second-order valence-corrected chi connectivity index (χ2v) is 6.90. The van der Waals surface area contributed by atoms with Crippen LogP contribution >= 0.6 is 0 Å². The van der Waals surface area contributed by atoms with Crippen molar-refractivity contribution < 1.29 is 9.59 Å². The molecule has 6 heteroatoms. The summed E-state index contributed by atoms with van der Waals surface area (Å²) in [6, 6.07) is 11.8. The summed E-state index contributed by atoms with van der Waals surface area (Å²) in [6.45, 7) is 1.84. The molecule has 1 aromatic heterocycles. The molecule has 3 heterocycles. The predicted molar refractivity (Wildman–Crippen MR) is 99.2 cm³/mol. The normalized spacial score (nSPS) is 18.8. The van der Waals surface area contributed by atoms with Gasteiger partial charge in [0.15, 0.2) is 0 Å². The molecule has 134 valence electrons. The molecule has 0 bridgehead atoms. The summed E-state index contributed by atoms with van der Waals surface area (Å²) in [5.74, 6) is 0.127. The average Bonchev–Trinajstić information content (AvgIpc) is 2.93. The number of pyridine rings is 1. The standard InChI is InChI=1S/C20H22N4O2/c1-21-18(25)14-23-11-8-20(9-12-23)16-6-2-3-7-17(16)24(19(20)26)15-5-4-10-22-13-15/h2-7,10,13H,8-9,11-12,14H2,1H3,(H,21,25). The van der Waals surface area contributed by atoms with Crippen molar-refractivity contribution in [3.8, 4) is 0 Å². The zero-order valence-corrected chi connectivity index (χ0v) is 14.8. The van der Waals surface area contributed by atoms with Crippen molar-refractivity contribution in [2.75, 3.05) is 31.6 Å². The number of anilines is 2. The van der Waals surface area contributed by atoms with Crippen LogP contribution in [-0.2, 0) is 15.0 Å². The van der Waals surface area contributed by atoms with Gasteiger partial charge in [-0.3, -0.25) is 24.4 Å². The molecule has 0 atom stereocenters. The molecule has 0 saturated carbocycles. The number of fused-ring (bicyclic) bond motifs is 2. The molecule has 1 N–H and O–H groups in total. The number of benzene rings is 1. The average molecular weight is 350 g/mol. The number of para-hydroxylation sites is 1. The Hall–Kier alpha value is -2.73. The summed E-state index contributed by atoms with van der Waals surface area (Å²) in [5.41, 5.74) is 2.33. The molecule has 0 unspecified atom stereocenters. The van der Waals surface area contributed by atoms with E-state index < -0.39 is 5.41 Å². The van der Waals surface area contributed by atoms with E-state index in [1.54, 1.807) is 24.3 Å². The Morgan fingerprint density at radius 1 is 1.19 bits per heavy atom. The molecule has 2 aliphatic rings. The molecule has 1 spiro atoms. The number of likely N-dealkylation sites (tertiary alicyclic amines) is 1. The zero-order chi connectivity index (χ0) is 18.1. The summed E-state index contributed by atoms with van der Waals surface area (Å²) >= 11 is 0. The van der Waals surface area contributed by atoms with Gasteiger partial charge < -0.3 is 5.32 Å². The number of aromatic nitrogens is 1. The highest BCUT2D eigenvalue weighted by Gasteiger charge is 2.52. The molecule has 0 radical (unpaired) electrons. The van der Waals surface area contributed by atoms with Crippen LogP contribution in [0.1, 0.15) is 18.4 Å². The van der Waals surface area contributed by atoms with Crippen LogP contribution < -0.4 is 10.2 Å². The number of nitrogens with one attached hydrogen (secondary N) is 1. The summed E-state index contributed by atoms with van der Waals surface area (Å²) < 4.78 is 0. The number of amides is 2. The molecular formula is C20H22N4O2. The highest BCUT2D eigenvalue weighted by Crippen LogP contribution is 2.50. The van der Waals surface area contributed by atoms with Crippen molar-refractivity contribution in [3.63, 3.8) is 0 Å². The van der Waals surface area contributed by atoms with Gasteiger partial charge in [-0.15, -0.1) is 0 Å². The fourth-order valence-electron chi connectivity index (χ4n) is 4.11. The van der Waals surface area contributed by atoms with Gasteiger partial charge in [-0.05, 0) is 36.6 Å². The summed E-state index contributed by atoms with van der Waals surface area (Å²) in [5, 5.41) is 2.66. The first-order valence-corrected chi connectivity index (χ1v) is 8.93.